The molecule has 1 heterocycles. The van der Waals surface area contributed by atoms with E-state index in [1.54, 1.807) is 0 Å². The van der Waals surface area contributed by atoms with Crippen LogP contribution in [0.5, 0.6) is 0 Å². The van der Waals surface area contributed by atoms with Crippen LogP contribution in [-0.4, -0.2) is 35.3 Å². The molecule has 0 amide bonds. The van der Waals surface area contributed by atoms with E-state index >= 15 is 0 Å². The molecular formula is C17H22N2O. The minimum atomic E-state index is 0.154. The van der Waals surface area contributed by atoms with E-state index in [4.69, 9.17) is 0 Å². The molecule has 20 heavy (non-hydrogen) atoms. The molecular weight excluding hydrogens is 248 g/mol. The van der Waals surface area contributed by atoms with Crippen molar-refractivity contribution in [3.8, 4) is 0 Å². The summed E-state index contributed by atoms with van der Waals surface area (Å²) in [5.74, 6) is 0.484. The van der Waals surface area contributed by atoms with Gasteiger partial charge in [-0.2, -0.15) is 0 Å². The van der Waals surface area contributed by atoms with Gasteiger partial charge >= 0.3 is 0 Å². The van der Waals surface area contributed by atoms with Gasteiger partial charge in [0.2, 0.25) is 0 Å². The van der Waals surface area contributed by atoms with E-state index in [9.17, 15) is 4.79 Å². The highest BCUT2D eigenvalue weighted by molar-refractivity contribution is 6.11. The highest BCUT2D eigenvalue weighted by Gasteiger charge is 2.31. The number of hydrogen-bond donors (Lipinski definition) is 1. The standard InChI is InChI=1S/C17H22N2O/c1-3-19(4-2)11-12-9-10-15-16(17(12)20)13-7-5-6-8-14(13)18-15/h5-8,12,18H,3-4,9-11H2,1-2H3/t12-/m0/s1. The second-order valence-electron chi connectivity index (χ2n) is 5.61. The number of aromatic amines is 1. The molecule has 1 aromatic heterocycles. The van der Waals surface area contributed by atoms with Crippen molar-refractivity contribution in [3.63, 3.8) is 0 Å². The molecule has 1 N–H and O–H groups in total. The van der Waals surface area contributed by atoms with Gasteiger partial charge in [0.25, 0.3) is 0 Å². The number of H-pyrrole nitrogens is 1. The lowest BCUT2D eigenvalue weighted by molar-refractivity contribution is 0.0864. The van der Waals surface area contributed by atoms with E-state index < -0.39 is 0 Å². The molecule has 0 fully saturated rings. The van der Waals surface area contributed by atoms with Crippen LogP contribution < -0.4 is 0 Å². The number of nitrogens with one attached hydrogen (secondary N) is 1. The van der Waals surface area contributed by atoms with E-state index in [1.165, 1.54) is 0 Å². The lowest BCUT2D eigenvalue weighted by atomic mass is 9.84. The predicted molar refractivity (Wildman–Crippen MR) is 82.2 cm³/mol. The van der Waals surface area contributed by atoms with E-state index in [0.717, 1.165) is 54.6 Å². The normalized spacial score (nSPS) is 18.8. The monoisotopic (exact) mass is 270 g/mol. The van der Waals surface area contributed by atoms with E-state index in [1.807, 2.05) is 12.1 Å². The van der Waals surface area contributed by atoms with Crippen molar-refractivity contribution < 1.29 is 4.79 Å². The Balaban J connectivity index is 1.93. The van der Waals surface area contributed by atoms with Gasteiger partial charge in [-0.15, -0.1) is 0 Å². The molecule has 0 bridgehead atoms. The fourth-order valence-electron chi connectivity index (χ4n) is 3.29. The van der Waals surface area contributed by atoms with Crippen molar-refractivity contribution in [2.75, 3.05) is 19.6 Å². The summed E-state index contributed by atoms with van der Waals surface area (Å²) in [4.78, 5) is 18.6. The van der Waals surface area contributed by atoms with Gasteiger partial charge in [0, 0.05) is 34.6 Å². The molecule has 3 rings (SSSR count). The molecule has 3 nitrogen and oxygen atoms in total. The molecule has 0 spiro atoms. The number of aryl methyl sites for hydroxylation is 1. The summed E-state index contributed by atoms with van der Waals surface area (Å²) < 4.78 is 0. The number of para-hydroxylation sites is 1. The van der Waals surface area contributed by atoms with Gasteiger partial charge in [-0.25, -0.2) is 0 Å². The molecule has 3 heteroatoms. The zero-order valence-corrected chi connectivity index (χ0v) is 12.3. The van der Waals surface area contributed by atoms with Crippen LogP contribution in [0.2, 0.25) is 0 Å². The largest absolute Gasteiger partial charge is 0.358 e. The van der Waals surface area contributed by atoms with Crippen molar-refractivity contribution in [2.24, 2.45) is 5.92 Å². The Hall–Kier alpha value is -1.61. The van der Waals surface area contributed by atoms with Crippen molar-refractivity contribution >= 4 is 16.7 Å². The third-order valence-electron chi connectivity index (χ3n) is 4.52. The average molecular weight is 270 g/mol. The first-order valence-corrected chi connectivity index (χ1v) is 7.60. The van der Waals surface area contributed by atoms with Crippen molar-refractivity contribution in [3.05, 3.63) is 35.5 Å². The summed E-state index contributed by atoms with van der Waals surface area (Å²) in [5.41, 5.74) is 3.17. The molecule has 0 unspecified atom stereocenters. The summed E-state index contributed by atoms with van der Waals surface area (Å²) >= 11 is 0. The number of carbonyl (C=O) groups is 1. The number of aromatic nitrogens is 1. The molecule has 106 valence electrons. The first-order chi connectivity index (χ1) is 9.74. The number of ketones is 1. The van der Waals surface area contributed by atoms with Crippen LogP contribution in [0.15, 0.2) is 24.3 Å². The Morgan fingerprint density at radius 2 is 2.00 bits per heavy atom. The first kappa shape index (κ1) is 13.4. The second kappa shape index (κ2) is 5.41. The SMILES string of the molecule is CCN(CC)C[C@@H]1CCc2[nH]c3ccccc3c2C1=O. The van der Waals surface area contributed by atoms with Crippen molar-refractivity contribution in [2.45, 2.75) is 26.7 Å². The second-order valence-corrected chi connectivity index (χ2v) is 5.61. The van der Waals surface area contributed by atoms with Gasteiger partial charge in [0.1, 0.15) is 0 Å². The molecule has 1 aliphatic rings. The highest BCUT2D eigenvalue weighted by atomic mass is 16.1. The Morgan fingerprint density at radius 3 is 2.75 bits per heavy atom. The summed E-state index contributed by atoms with van der Waals surface area (Å²) in [7, 11) is 0. The number of Topliss-reactive ketones (excluding diaryl/α,β-unsaturated/α-hetero) is 1. The zero-order valence-electron chi connectivity index (χ0n) is 12.3. The topological polar surface area (TPSA) is 36.1 Å². The molecule has 1 aliphatic carbocycles. The third-order valence-corrected chi connectivity index (χ3v) is 4.52. The number of hydrogen-bond acceptors (Lipinski definition) is 2. The Bertz CT molecular complexity index is 625. The Morgan fingerprint density at radius 1 is 1.25 bits per heavy atom. The van der Waals surface area contributed by atoms with Crippen LogP contribution in [0, 0.1) is 5.92 Å². The zero-order chi connectivity index (χ0) is 14.1. The lowest BCUT2D eigenvalue weighted by Gasteiger charge is -2.27. The Kier molecular flexibility index (Phi) is 3.62. The molecule has 2 aromatic rings. The fraction of sp³-hybridized carbons (Fsp3) is 0.471. The number of rotatable bonds is 4. The molecule has 0 saturated carbocycles. The van der Waals surface area contributed by atoms with E-state index in [0.29, 0.717) is 5.78 Å². The Labute approximate surface area is 120 Å². The van der Waals surface area contributed by atoms with Gasteiger partial charge in [-0.05, 0) is 32.0 Å². The van der Waals surface area contributed by atoms with Crippen molar-refractivity contribution in [1.29, 1.82) is 0 Å². The third kappa shape index (κ3) is 2.16. The maximum atomic E-state index is 12.8. The van der Waals surface area contributed by atoms with Gasteiger partial charge in [-0.1, -0.05) is 32.0 Å². The van der Waals surface area contributed by atoms with Gasteiger partial charge in [0.05, 0.1) is 0 Å². The predicted octanol–water partition coefficient (Wildman–Crippen LogP) is 3.25. The minimum Gasteiger partial charge on any atom is -0.358 e. The van der Waals surface area contributed by atoms with Crippen LogP contribution >= 0.6 is 0 Å². The summed E-state index contributed by atoms with van der Waals surface area (Å²) in [6, 6.07) is 8.14. The molecule has 0 radical (unpaired) electrons. The number of fused-ring (bicyclic) bond motifs is 3. The molecule has 1 aromatic carbocycles. The minimum absolute atomic E-state index is 0.154. The quantitative estimate of drug-likeness (QED) is 0.925. The van der Waals surface area contributed by atoms with Crippen LogP contribution in [0.3, 0.4) is 0 Å². The van der Waals surface area contributed by atoms with Crippen LogP contribution in [-0.2, 0) is 6.42 Å². The van der Waals surface area contributed by atoms with Gasteiger partial charge < -0.3 is 9.88 Å². The smallest absolute Gasteiger partial charge is 0.169 e. The maximum absolute atomic E-state index is 12.8. The highest BCUT2D eigenvalue weighted by Crippen LogP contribution is 2.32. The van der Waals surface area contributed by atoms with E-state index in [2.05, 4.69) is 35.9 Å². The average Bonchev–Trinajstić information content (AvgIpc) is 2.86. The lowest BCUT2D eigenvalue weighted by Crippen LogP contribution is -2.35. The van der Waals surface area contributed by atoms with Gasteiger partial charge in [0.15, 0.2) is 5.78 Å². The molecule has 1 atom stereocenters. The number of nitrogens with zero attached hydrogens (tertiary/aromatic N) is 1. The fourth-order valence-corrected chi connectivity index (χ4v) is 3.29. The molecule has 0 aliphatic heterocycles. The van der Waals surface area contributed by atoms with E-state index in [-0.39, 0.29) is 5.92 Å². The van der Waals surface area contributed by atoms with Crippen molar-refractivity contribution in [1.82, 2.24) is 9.88 Å². The summed E-state index contributed by atoms with van der Waals surface area (Å²) in [5, 5.41) is 1.09. The van der Waals surface area contributed by atoms with Crippen LogP contribution in [0.25, 0.3) is 10.9 Å². The summed E-state index contributed by atoms with van der Waals surface area (Å²) in [6.07, 6.45) is 1.96. The first-order valence-electron chi connectivity index (χ1n) is 7.60. The summed E-state index contributed by atoms with van der Waals surface area (Å²) in [6.45, 7) is 7.24. The van der Waals surface area contributed by atoms with Crippen LogP contribution in [0.1, 0.15) is 36.3 Å². The number of benzene rings is 1. The van der Waals surface area contributed by atoms with Gasteiger partial charge in [-0.3, -0.25) is 4.79 Å². The molecule has 0 saturated heterocycles. The number of carbonyl (C=O) groups excluding carboxylic acids is 1. The maximum Gasteiger partial charge on any atom is 0.169 e. The van der Waals surface area contributed by atoms with Crippen LogP contribution in [0.4, 0.5) is 0 Å².